The van der Waals surface area contributed by atoms with Crippen molar-refractivity contribution in [3.8, 4) is 0 Å². The van der Waals surface area contributed by atoms with Gasteiger partial charge in [-0.15, -0.1) is 0 Å². The van der Waals surface area contributed by atoms with Gasteiger partial charge < -0.3 is 47.4 Å². The lowest BCUT2D eigenvalue weighted by molar-refractivity contribution is -0.143. The summed E-state index contributed by atoms with van der Waals surface area (Å²) in [4.78, 5) is 94.8. The number of nitrogens with one attached hydrogen (secondary N) is 6. The van der Waals surface area contributed by atoms with Crippen molar-refractivity contribution in [1.29, 1.82) is 0 Å². The number of hydrogen-bond acceptors (Lipinski definition) is 9. The fraction of sp³-hybridized carbons (Fsp3) is 0.649. The zero-order valence-corrected chi connectivity index (χ0v) is 32.7. The van der Waals surface area contributed by atoms with Crippen molar-refractivity contribution >= 4 is 41.4 Å². The van der Waals surface area contributed by atoms with E-state index in [1.165, 1.54) is 11.0 Å². The van der Waals surface area contributed by atoms with Gasteiger partial charge in [0.2, 0.25) is 29.5 Å². The van der Waals surface area contributed by atoms with E-state index in [-0.39, 0.29) is 54.4 Å². The molecule has 294 valence electrons. The highest BCUT2D eigenvalue weighted by Crippen LogP contribution is 2.27. The maximum atomic E-state index is 13.8. The summed E-state index contributed by atoms with van der Waals surface area (Å²) in [6, 6.07) is 1.44. The Balaban J connectivity index is 1.66. The molecule has 2 aliphatic heterocycles. The van der Waals surface area contributed by atoms with Gasteiger partial charge in [-0.25, -0.2) is 0 Å². The molecule has 7 atom stereocenters. The first-order valence-electron chi connectivity index (χ1n) is 18.1. The van der Waals surface area contributed by atoms with Gasteiger partial charge in [0, 0.05) is 42.8 Å². The summed E-state index contributed by atoms with van der Waals surface area (Å²) in [5.74, 6) is -3.03. The van der Waals surface area contributed by atoms with Gasteiger partial charge in [0.15, 0.2) is 0 Å². The zero-order valence-electron chi connectivity index (χ0n) is 32.7. The minimum absolute atomic E-state index is 0.00639. The van der Waals surface area contributed by atoms with Crippen molar-refractivity contribution in [2.45, 2.75) is 111 Å². The highest BCUT2D eigenvalue weighted by atomic mass is 16.2. The Hall–Kier alpha value is -4.57. The Labute approximate surface area is 312 Å². The van der Waals surface area contributed by atoms with Gasteiger partial charge in [-0.2, -0.15) is 0 Å². The molecule has 2 saturated heterocycles. The number of likely N-dealkylation sites (N-methyl/N-ethyl adjacent to an activating group) is 2. The molecular formula is C37H59N9O7. The lowest BCUT2D eigenvalue weighted by Gasteiger charge is -2.35. The van der Waals surface area contributed by atoms with Crippen LogP contribution in [-0.2, 0) is 24.0 Å². The van der Waals surface area contributed by atoms with Crippen molar-refractivity contribution in [1.82, 2.24) is 41.7 Å². The third-order valence-corrected chi connectivity index (χ3v) is 9.92. The molecular weight excluding hydrogens is 682 g/mol. The Morgan fingerprint density at radius 2 is 1.21 bits per heavy atom. The van der Waals surface area contributed by atoms with Gasteiger partial charge >= 0.3 is 0 Å². The van der Waals surface area contributed by atoms with E-state index < -0.39 is 70.7 Å². The minimum atomic E-state index is -1.00. The van der Waals surface area contributed by atoms with Crippen LogP contribution in [0.15, 0.2) is 24.3 Å². The fourth-order valence-electron chi connectivity index (χ4n) is 6.31. The van der Waals surface area contributed by atoms with Gasteiger partial charge in [-0.1, -0.05) is 47.6 Å². The van der Waals surface area contributed by atoms with Crippen molar-refractivity contribution in [3.63, 3.8) is 0 Å². The van der Waals surface area contributed by atoms with E-state index >= 15 is 0 Å². The average Bonchev–Trinajstić information content (AvgIpc) is 3.74. The molecule has 16 nitrogen and oxygen atoms in total. The molecule has 16 heteroatoms. The second kappa shape index (κ2) is 17.5. The van der Waals surface area contributed by atoms with Crippen LogP contribution < -0.4 is 37.6 Å². The lowest BCUT2D eigenvalue weighted by atomic mass is 9.85. The van der Waals surface area contributed by atoms with Crippen molar-refractivity contribution in [2.75, 3.05) is 33.7 Å². The quantitative estimate of drug-likeness (QED) is 0.138. The van der Waals surface area contributed by atoms with Crippen molar-refractivity contribution in [3.05, 3.63) is 35.4 Å². The molecule has 2 fully saturated rings. The summed E-state index contributed by atoms with van der Waals surface area (Å²) in [5, 5.41) is 17.2. The normalized spacial score (nSPS) is 21.2. The van der Waals surface area contributed by atoms with E-state index in [0.717, 1.165) is 0 Å². The molecule has 4 unspecified atom stereocenters. The molecule has 0 aromatic heterocycles. The number of hydrogen-bond donors (Lipinski definition) is 7. The molecule has 1 aromatic carbocycles. The van der Waals surface area contributed by atoms with Crippen LogP contribution in [0.3, 0.4) is 0 Å². The first kappa shape index (κ1) is 42.8. The lowest BCUT2D eigenvalue weighted by Crippen LogP contribution is -2.59. The van der Waals surface area contributed by atoms with Crippen molar-refractivity contribution < 1.29 is 33.6 Å². The highest BCUT2D eigenvalue weighted by Gasteiger charge is 2.45. The average molecular weight is 742 g/mol. The summed E-state index contributed by atoms with van der Waals surface area (Å²) >= 11 is 0. The van der Waals surface area contributed by atoms with Gasteiger partial charge in [0.05, 0.1) is 12.1 Å². The zero-order chi connectivity index (χ0) is 40.0. The number of rotatable bonds is 13. The molecule has 0 saturated carbocycles. The van der Waals surface area contributed by atoms with Crippen LogP contribution >= 0.6 is 0 Å². The molecule has 53 heavy (non-hydrogen) atoms. The predicted octanol–water partition coefficient (Wildman–Crippen LogP) is -0.520. The minimum Gasteiger partial charge on any atom is -0.368 e. The molecule has 0 spiro atoms. The van der Waals surface area contributed by atoms with Gasteiger partial charge in [0.25, 0.3) is 11.8 Å². The number of nitrogens with zero attached hydrogens (tertiary/aromatic N) is 2. The Morgan fingerprint density at radius 1 is 0.736 bits per heavy atom. The van der Waals surface area contributed by atoms with Crippen LogP contribution in [0.4, 0.5) is 0 Å². The number of amides is 7. The number of carbonyl (C=O) groups excluding carboxylic acids is 7. The molecule has 3 rings (SSSR count). The smallest absolute Gasteiger partial charge is 0.251 e. The van der Waals surface area contributed by atoms with E-state index in [1.54, 1.807) is 71.8 Å². The third kappa shape index (κ3) is 11.0. The molecule has 7 amide bonds. The van der Waals surface area contributed by atoms with E-state index in [4.69, 9.17) is 5.73 Å². The standard InChI is InChI=1S/C37H59N9O7/c1-20(39-9)30(48)43-27(36(3,4)5)34(52)45-15-14-24(18-45)41-32(50)22-12-11-13-23(16-22)33(51)42-25-17-26(29(38)47)46(19-25)35(53)28(37(6,7)8)44-31(49)21(2)40-10/h11-13,16,20-21,24-28,39-40H,14-15,17-19H2,1-10H3,(H2,38,47)(H,41,50)(H,42,51)(H,43,48)(H,44,49)/t20-,21?,24-,25?,26?,27?,28+/m0/s1. The van der Waals surface area contributed by atoms with Gasteiger partial charge in [0.1, 0.15) is 18.1 Å². The molecule has 0 aliphatic carbocycles. The van der Waals surface area contributed by atoms with E-state index in [9.17, 15) is 33.6 Å². The summed E-state index contributed by atoms with van der Waals surface area (Å²) in [7, 11) is 3.30. The largest absolute Gasteiger partial charge is 0.368 e. The van der Waals surface area contributed by atoms with Crippen molar-refractivity contribution in [2.24, 2.45) is 16.6 Å². The third-order valence-electron chi connectivity index (χ3n) is 9.92. The van der Waals surface area contributed by atoms with Gasteiger partial charge in [-0.05, 0) is 69.8 Å². The summed E-state index contributed by atoms with van der Waals surface area (Å²) in [5.41, 5.74) is 4.88. The molecule has 0 radical (unpaired) electrons. The fourth-order valence-corrected chi connectivity index (χ4v) is 6.31. The summed E-state index contributed by atoms with van der Waals surface area (Å²) in [6.45, 7) is 15.1. The van der Waals surface area contributed by atoms with E-state index in [0.29, 0.717) is 13.0 Å². The first-order valence-corrected chi connectivity index (χ1v) is 18.1. The highest BCUT2D eigenvalue weighted by molar-refractivity contribution is 6.00. The van der Waals surface area contributed by atoms with E-state index in [1.807, 2.05) is 20.8 Å². The monoisotopic (exact) mass is 741 g/mol. The second-order valence-electron chi connectivity index (χ2n) is 16.3. The van der Waals surface area contributed by atoms with Crippen LogP contribution in [0, 0.1) is 10.8 Å². The predicted molar refractivity (Wildman–Crippen MR) is 199 cm³/mol. The summed E-state index contributed by atoms with van der Waals surface area (Å²) < 4.78 is 0. The number of likely N-dealkylation sites (tertiary alicyclic amines) is 2. The maximum absolute atomic E-state index is 13.8. The second-order valence-corrected chi connectivity index (χ2v) is 16.3. The molecule has 8 N–H and O–H groups in total. The molecule has 2 aliphatic rings. The van der Waals surface area contributed by atoms with E-state index in [2.05, 4.69) is 31.9 Å². The Kier molecular flexibility index (Phi) is 14.1. The van der Waals surface area contributed by atoms with Crippen LogP contribution in [0.2, 0.25) is 0 Å². The molecule has 0 bridgehead atoms. The van der Waals surface area contributed by atoms with Crippen LogP contribution in [-0.4, -0.2) is 127 Å². The van der Waals surface area contributed by atoms with Crippen LogP contribution in [0.1, 0.15) is 88.9 Å². The first-order chi connectivity index (χ1) is 24.6. The number of primary amides is 1. The Bertz CT molecular complexity index is 1550. The van der Waals surface area contributed by atoms with Crippen LogP contribution in [0.25, 0.3) is 0 Å². The maximum Gasteiger partial charge on any atom is 0.251 e. The molecule has 1 aromatic rings. The number of carbonyl (C=O) groups is 7. The molecule has 2 heterocycles. The topological polar surface area (TPSA) is 224 Å². The van der Waals surface area contributed by atoms with Gasteiger partial charge in [-0.3, -0.25) is 33.6 Å². The Morgan fingerprint density at radius 3 is 1.66 bits per heavy atom. The SMILES string of the molecule is CNC(C)C(=O)N[C@H](C(=O)N1CC(NC(=O)c2cccc(C(=O)N[C@H]3CCN(C(=O)C(NC(=O)[C@H](C)NC)C(C)(C)C)C3)c2)CC1C(N)=O)C(C)(C)C. The van der Waals surface area contributed by atoms with Crippen LogP contribution in [0.5, 0.6) is 0 Å². The number of benzene rings is 1. The number of nitrogens with two attached hydrogens (primary N) is 1. The summed E-state index contributed by atoms with van der Waals surface area (Å²) in [6.07, 6.45) is 0.595.